The molecule has 1 saturated carbocycles. The Morgan fingerprint density at radius 1 is 0.906 bits per heavy atom. The standard InChI is InChI=1S/C29H40O3/c1-4-6-7-8-23-9-11-24(12-10-23)25-13-19-28(20-14-25)32-29(30)26-15-17-27(18-16-26)31-21-22(3)5-2/h13-20,22-24H,4-12,21H2,1-3H3/t22-,23-,24-/m0/s1. The Kier molecular flexibility index (Phi) is 9.64. The number of carbonyl (C=O) groups excluding carboxylic acids is 1. The van der Waals surface area contributed by atoms with Gasteiger partial charge < -0.3 is 9.47 Å². The number of esters is 1. The molecule has 0 aliphatic heterocycles. The van der Waals surface area contributed by atoms with Crippen LogP contribution in [0.15, 0.2) is 48.5 Å². The maximum absolute atomic E-state index is 12.5. The van der Waals surface area contributed by atoms with E-state index in [1.54, 1.807) is 12.1 Å². The first-order valence-electron chi connectivity index (χ1n) is 12.6. The van der Waals surface area contributed by atoms with Crippen LogP contribution in [0, 0.1) is 11.8 Å². The maximum Gasteiger partial charge on any atom is 0.343 e. The lowest BCUT2D eigenvalue weighted by Crippen LogP contribution is -2.13. The maximum atomic E-state index is 12.5. The number of unbranched alkanes of at least 4 members (excludes halogenated alkanes) is 2. The third-order valence-corrected chi connectivity index (χ3v) is 6.95. The molecule has 3 heteroatoms. The van der Waals surface area contributed by atoms with Crippen molar-refractivity contribution < 1.29 is 14.3 Å². The monoisotopic (exact) mass is 436 g/mol. The summed E-state index contributed by atoms with van der Waals surface area (Å²) in [5.74, 6) is 3.13. The molecule has 0 saturated heterocycles. The van der Waals surface area contributed by atoms with Gasteiger partial charge in [0, 0.05) is 0 Å². The SMILES string of the molecule is CCCCC[C@H]1CC[C@H](c2ccc(OC(=O)c3ccc(OC[C@@H](C)CC)cc3)cc2)CC1. The van der Waals surface area contributed by atoms with Crippen molar-refractivity contribution in [2.45, 2.75) is 84.5 Å². The lowest BCUT2D eigenvalue weighted by Gasteiger charge is -2.29. The van der Waals surface area contributed by atoms with Gasteiger partial charge in [-0.3, -0.25) is 0 Å². The summed E-state index contributed by atoms with van der Waals surface area (Å²) in [7, 11) is 0. The van der Waals surface area contributed by atoms with Crippen LogP contribution >= 0.6 is 0 Å². The van der Waals surface area contributed by atoms with Gasteiger partial charge in [-0.1, -0.05) is 65.0 Å². The van der Waals surface area contributed by atoms with Crippen molar-refractivity contribution in [2.75, 3.05) is 6.61 Å². The Labute approximate surface area is 194 Å². The van der Waals surface area contributed by atoms with Crippen LogP contribution in [0.2, 0.25) is 0 Å². The van der Waals surface area contributed by atoms with Gasteiger partial charge in [0.15, 0.2) is 0 Å². The summed E-state index contributed by atoms with van der Waals surface area (Å²) in [4.78, 5) is 12.5. The zero-order valence-corrected chi connectivity index (χ0v) is 20.1. The molecule has 1 aliphatic carbocycles. The van der Waals surface area contributed by atoms with E-state index in [2.05, 4.69) is 32.9 Å². The van der Waals surface area contributed by atoms with E-state index >= 15 is 0 Å². The summed E-state index contributed by atoms with van der Waals surface area (Å²) < 4.78 is 11.4. The van der Waals surface area contributed by atoms with E-state index in [9.17, 15) is 4.79 Å². The van der Waals surface area contributed by atoms with E-state index in [0.717, 1.165) is 18.1 Å². The lowest BCUT2D eigenvalue weighted by molar-refractivity contribution is 0.0734. The number of benzene rings is 2. The van der Waals surface area contributed by atoms with Crippen molar-refractivity contribution >= 4 is 5.97 Å². The summed E-state index contributed by atoms with van der Waals surface area (Å²) >= 11 is 0. The van der Waals surface area contributed by atoms with Gasteiger partial charge in [-0.05, 0) is 85.4 Å². The molecule has 32 heavy (non-hydrogen) atoms. The van der Waals surface area contributed by atoms with Crippen molar-refractivity contribution in [2.24, 2.45) is 11.8 Å². The first kappa shape index (κ1) is 24.4. The van der Waals surface area contributed by atoms with Crippen LogP contribution in [0.4, 0.5) is 0 Å². The molecule has 0 aromatic heterocycles. The van der Waals surface area contributed by atoms with Crippen molar-refractivity contribution in [3.8, 4) is 11.5 Å². The van der Waals surface area contributed by atoms with Gasteiger partial charge in [0.05, 0.1) is 12.2 Å². The topological polar surface area (TPSA) is 35.5 Å². The summed E-state index contributed by atoms with van der Waals surface area (Å²) in [5.41, 5.74) is 1.91. The van der Waals surface area contributed by atoms with Gasteiger partial charge >= 0.3 is 5.97 Å². The fourth-order valence-corrected chi connectivity index (χ4v) is 4.49. The molecule has 0 radical (unpaired) electrons. The average molecular weight is 437 g/mol. The van der Waals surface area contributed by atoms with Gasteiger partial charge in [-0.15, -0.1) is 0 Å². The predicted molar refractivity (Wildman–Crippen MR) is 132 cm³/mol. The highest BCUT2D eigenvalue weighted by Crippen LogP contribution is 2.38. The third-order valence-electron chi connectivity index (χ3n) is 6.95. The van der Waals surface area contributed by atoms with Crippen LogP contribution < -0.4 is 9.47 Å². The van der Waals surface area contributed by atoms with Crippen molar-refractivity contribution in [1.29, 1.82) is 0 Å². The molecular formula is C29H40O3. The molecule has 0 unspecified atom stereocenters. The molecule has 0 N–H and O–H groups in total. The zero-order valence-electron chi connectivity index (χ0n) is 20.1. The largest absolute Gasteiger partial charge is 0.493 e. The van der Waals surface area contributed by atoms with Crippen LogP contribution in [0.25, 0.3) is 0 Å². The molecular weight excluding hydrogens is 396 g/mol. The first-order chi connectivity index (χ1) is 15.6. The molecule has 1 fully saturated rings. The molecule has 1 atom stereocenters. The zero-order chi connectivity index (χ0) is 22.8. The third kappa shape index (κ3) is 7.39. The number of carbonyl (C=O) groups is 1. The summed E-state index contributed by atoms with van der Waals surface area (Å²) in [6, 6.07) is 15.3. The Hall–Kier alpha value is -2.29. The Bertz CT molecular complexity index is 801. The van der Waals surface area contributed by atoms with Gasteiger partial charge in [-0.25, -0.2) is 4.79 Å². The Morgan fingerprint density at radius 2 is 1.56 bits per heavy atom. The molecule has 0 spiro atoms. The minimum absolute atomic E-state index is 0.334. The van der Waals surface area contributed by atoms with Crippen LogP contribution in [0.5, 0.6) is 11.5 Å². The summed E-state index contributed by atoms with van der Waals surface area (Å²) in [6.07, 6.45) is 11.8. The molecule has 1 aliphatic rings. The van der Waals surface area contributed by atoms with Crippen molar-refractivity contribution in [1.82, 2.24) is 0 Å². The minimum Gasteiger partial charge on any atom is -0.493 e. The number of rotatable bonds is 11. The van der Waals surface area contributed by atoms with Gasteiger partial charge in [0.25, 0.3) is 0 Å². The smallest absolute Gasteiger partial charge is 0.343 e. The van der Waals surface area contributed by atoms with E-state index in [0.29, 0.717) is 29.8 Å². The predicted octanol–water partition coefficient (Wildman–Crippen LogP) is 8.18. The van der Waals surface area contributed by atoms with Crippen LogP contribution in [0.1, 0.15) is 100 Å². The molecule has 174 valence electrons. The second-order valence-corrected chi connectivity index (χ2v) is 9.52. The second kappa shape index (κ2) is 12.7. The lowest BCUT2D eigenvalue weighted by atomic mass is 9.77. The number of hydrogen-bond acceptors (Lipinski definition) is 3. The van der Waals surface area contributed by atoms with Crippen LogP contribution in [0.3, 0.4) is 0 Å². The second-order valence-electron chi connectivity index (χ2n) is 9.52. The molecule has 0 bridgehead atoms. The Morgan fingerprint density at radius 3 is 2.19 bits per heavy atom. The summed E-state index contributed by atoms with van der Waals surface area (Å²) in [6.45, 7) is 7.28. The molecule has 2 aromatic carbocycles. The van der Waals surface area contributed by atoms with E-state index < -0.39 is 0 Å². The van der Waals surface area contributed by atoms with E-state index in [1.807, 2.05) is 24.3 Å². The van der Waals surface area contributed by atoms with Crippen molar-refractivity contribution in [3.63, 3.8) is 0 Å². The highest BCUT2D eigenvalue weighted by atomic mass is 16.5. The molecule has 3 nitrogen and oxygen atoms in total. The molecule has 0 heterocycles. The highest BCUT2D eigenvalue weighted by Gasteiger charge is 2.22. The van der Waals surface area contributed by atoms with Gasteiger partial charge in [0.2, 0.25) is 0 Å². The quantitative estimate of drug-likeness (QED) is 0.202. The van der Waals surface area contributed by atoms with E-state index in [-0.39, 0.29) is 5.97 Å². The van der Waals surface area contributed by atoms with E-state index in [4.69, 9.17) is 9.47 Å². The summed E-state index contributed by atoms with van der Waals surface area (Å²) in [5, 5.41) is 0. The first-order valence-corrected chi connectivity index (χ1v) is 12.6. The van der Waals surface area contributed by atoms with E-state index in [1.165, 1.54) is 56.9 Å². The molecule has 0 amide bonds. The van der Waals surface area contributed by atoms with Crippen LogP contribution in [-0.4, -0.2) is 12.6 Å². The highest BCUT2D eigenvalue weighted by molar-refractivity contribution is 5.91. The number of hydrogen-bond donors (Lipinski definition) is 0. The van der Waals surface area contributed by atoms with Gasteiger partial charge in [-0.2, -0.15) is 0 Å². The molecule has 3 rings (SSSR count). The Balaban J connectivity index is 1.46. The number of ether oxygens (including phenoxy) is 2. The average Bonchev–Trinajstić information content (AvgIpc) is 2.84. The van der Waals surface area contributed by atoms with Crippen molar-refractivity contribution in [3.05, 3.63) is 59.7 Å². The fourth-order valence-electron chi connectivity index (χ4n) is 4.49. The minimum atomic E-state index is -0.334. The fraction of sp³-hybridized carbons (Fsp3) is 0.552. The molecule has 2 aromatic rings. The van der Waals surface area contributed by atoms with Gasteiger partial charge in [0.1, 0.15) is 11.5 Å². The normalized spacial score (nSPS) is 19.3. The van der Waals surface area contributed by atoms with Crippen LogP contribution in [-0.2, 0) is 0 Å².